The van der Waals surface area contributed by atoms with Crippen LogP contribution >= 0.6 is 40.7 Å². The number of nitrogens with zero attached hydrogens (tertiary/aromatic N) is 1. The van der Waals surface area contributed by atoms with Crippen LogP contribution in [0.15, 0.2) is 41.1 Å². The number of carbonyl (C=O) groups excluding carboxylic acids is 1. The molecular weight excluding hydrogens is 391 g/mol. The number of rotatable bonds is 5. The smallest absolute Gasteiger partial charge is 0.244 e. The molecule has 1 unspecified atom stereocenters. The van der Waals surface area contributed by atoms with Gasteiger partial charge in [0.25, 0.3) is 0 Å². The molecule has 0 fully saturated rings. The molecule has 1 aromatic carbocycles. The molecule has 0 aliphatic heterocycles. The molecule has 0 radical (unpaired) electrons. The molecule has 1 aromatic heterocycles. The number of benzene rings is 1. The van der Waals surface area contributed by atoms with Crippen molar-refractivity contribution < 1.29 is 4.79 Å². The first-order valence-electron chi connectivity index (χ1n) is 6.31. The molecule has 8 heteroatoms. The lowest BCUT2D eigenvalue weighted by molar-refractivity contribution is -0.126. The van der Waals surface area contributed by atoms with E-state index in [-0.39, 0.29) is 30.7 Å². The molecule has 0 saturated heterocycles. The fourth-order valence-corrected chi connectivity index (χ4v) is 2.10. The highest BCUT2D eigenvalue weighted by Crippen LogP contribution is 2.20. The van der Waals surface area contributed by atoms with Gasteiger partial charge in [0.05, 0.1) is 0 Å². The van der Waals surface area contributed by atoms with Gasteiger partial charge in [-0.15, -0.1) is 24.8 Å². The Morgan fingerprint density at radius 2 is 2.00 bits per heavy atom. The molecule has 2 rings (SSSR count). The molecule has 0 bridgehead atoms. The molecule has 122 valence electrons. The zero-order chi connectivity index (χ0) is 14.6. The van der Waals surface area contributed by atoms with E-state index in [1.165, 1.54) is 0 Å². The Morgan fingerprint density at radius 3 is 2.55 bits per heavy atom. The van der Waals surface area contributed by atoms with Crippen LogP contribution in [0.5, 0.6) is 0 Å². The topological polar surface area (TPSA) is 83.8 Å². The maximum absolute atomic E-state index is 12.2. The van der Waals surface area contributed by atoms with Crippen LogP contribution in [0.2, 0.25) is 0 Å². The van der Waals surface area contributed by atoms with Gasteiger partial charge in [-0.05, 0) is 24.6 Å². The molecular formula is C14H19BrCl2N4O. The molecule has 22 heavy (non-hydrogen) atoms. The van der Waals surface area contributed by atoms with Gasteiger partial charge in [0.15, 0.2) is 0 Å². The fourth-order valence-electron chi connectivity index (χ4n) is 1.84. The Bertz CT molecular complexity index is 573. The van der Waals surface area contributed by atoms with Crippen molar-refractivity contribution >= 4 is 46.7 Å². The second kappa shape index (κ2) is 9.15. The summed E-state index contributed by atoms with van der Waals surface area (Å²) in [5, 5.41) is 2.84. The maximum atomic E-state index is 12.2. The number of aromatic amines is 1. The summed E-state index contributed by atoms with van der Waals surface area (Å²) in [5.74, 6) is 0.638. The predicted molar refractivity (Wildman–Crippen MR) is 95.5 cm³/mol. The van der Waals surface area contributed by atoms with E-state index in [1.54, 1.807) is 19.3 Å². The van der Waals surface area contributed by atoms with Crippen LogP contribution in [0.1, 0.15) is 18.3 Å². The van der Waals surface area contributed by atoms with Gasteiger partial charge in [0.1, 0.15) is 11.4 Å². The van der Waals surface area contributed by atoms with Gasteiger partial charge in [-0.1, -0.05) is 28.1 Å². The lowest BCUT2D eigenvalue weighted by Crippen LogP contribution is -2.49. The minimum absolute atomic E-state index is 0. The van der Waals surface area contributed by atoms with E-state index in [0.29, 0.717) is 13.0 Å². The van der Waals surface area contributed by atoms with Gasteiger partial charge >= 0.3 is 0 Å². The largest absolute Gasteiger partial charge is 0.354 e. The third-order valence-electron chi connectivity index (χ3n) is 3.12. The van der Waals surface area contributed by atoms with Crippen molar-refractivity contribution in [2.75, 3.05) is 6.54 Å². The minimum atomic E-state index is -1.05. The number of amides is 1. The number of hydrogen-bond acceptors (Lipinski definition) is 3. The van der Waals surface area contributed by atoms with Crippen LogP contribution in [-0.4, -0.2) is 22.4 Å². The van der Waals surface area contributed by atoms with E-state index in [2.05, 4.69) is 31.2 Å². The van der Waals surface area contributed by atoms with Crippen molar-refractivity contribution in [2.45, 2.75) is 18.9 Å². The molecule has 1 atom stereocenters. The number of hydrogen-bond donors (Lipinski definition) is 3. The lowest BCUT2D eigenvalue weighted by Gasteiger charge is -2.24. The second-order valence-electron chi connectivity index (χ2n) is 4.75. The first-order chi connectivity index (χ1) is 9.50. The SMILES string of the molecule is CC(N)(C(=O)NCCc1ncc[nH]1)c1ccc(Br)cc1.Cl.Cl. The third kappa shape index (κ3) is 5.28. The van der Waals surface area contributed by atoms with Gasteiger partial charge in [-0.25, -0.2) is 4.98 Å². The van der Waals surface area contributed by atoms with Crippen LogP contribution < -0.4 is 11.1 Å². The first-order valence-corrected chi connectivity index (χ1v) is 7.11. The number of nitrogens with two attached hydrogens (primary N) is 1. The van der Waals surface area contributed by atoms with E-state index in [4.69, 9.17) is 5.73 Å². The van der Waals surface area contributed by atoms with Crippen molar-refractivity contribution in [1.29, 1.82) is 0 Å². The van der Waals surface area contributed by atoms with Gasteiger partial charge in [0.2, 0.25) is 5.91 Å². The molecule has 0 saturated carbocycles. The summed E-state index contributed by atoms with van der Waals surface area (Å²) in [5.41, 5.74) is 5.86. The van der Waals surface area contributed by atoms with Crippen molar-refractivity contribution in [2.24, 2.45) is 5.73 Å². The van der Waals surface area contributed by atoms with Crippen molar-refractivity contribution in [3.63, 3.8) is 0 Å². The van der Waals surface area contributed by atoms with Crippen LogP contribution in [-0.2, 0) is 16.8 Å². The van der Waals surface area contributed by atoms with Gasteiger partial charge in [0, 0.05) is 29.8 Å². The summed E-state index contributed by atoms with van der Waals surface area (Å²) in [6.07, 6.45) is 4.09. The Balaban J connectivity index is 0.00000220. The summed E-state index contributed by atoms with van der Waals surface area (Å²) < 4.78 is 0.954. The molecule has 0 aliphatic carbocycles. The van der Waals surface area contributed by atoms with E-state index in [1.807, 2.05) is 24.3 Å². The summed E-state index contributed by atoms with van der Waals surface area (Å²) in [6.45, 7) is 2.20. The summed E-state index contributed by atoms with van der Waals surface area (Å²) in [6, 6.07) is 7.43. The quantitative estimate of drug-likeness (QED) is 0.709. The summed E-state index contributed by atoms with van der Waals surface area (Å²) in [4.78, 5) is 19.3. The van der Waals surface area contributed by atoms with Crippen molar-refractivity contribution in [1.82, 2.24) is 15.3 Å². The third-order valence-corrected chi connectivity index (χ3v) is 3.65. The average Bonchev–Trinajstić information content (AvgIpc) is 2.92. The van der Waals surface area contributed by atoms with Crippen LogP contribution in [0.4, 0.5) is 0 Å². The Hall–Kier alpha value is -1.08. The Morgan fingerprint density at radius 1 is 1.36 bits per heavy atom. The highest BCUT2D eigenvalue weighted by atomic mass is 79.9. The fraction of sp³-hybridized carbons (Fsp3) is 0.286. The van der Waals surface area contributed by atoms with Crippen LogP contribution in [0, 0.1) is 0 Å². The zero-order valence-electron chi connectivity index (χ0n) is 12.0. The zero-order valence-corrected chi connectivity index (χ0v) is 15.2. The van der Waals surface area contributed by atoms with Crippen LogP contribution in [0.25, 0.3) is 0 Å². The standard InChI is InChI=1S/C14H17BrN4O.2ClH/c1-14(16,10-2-4-11(15)5-3-10)13(20)19-7-6-12-17-8-9-18-12;;/h2-5,8-9H,6-7,16H2,1H3,(H,17,18)(H,19,20);2*1H. The predicted octanol–water partition coefficient (Wildman–Crippen LogP) is 2.55. The van der Waals surface area contributed by atoms with Gasteiger partial charge < -0.3 is 16.0 Å². The monoisotopic (exact) mass is 408 g/mol. The van der Waals surface area contributed by atoms with Crippen LogP contribution in [0.3, 0.4) is 0 Å². The van der Waals surface area contributed by atoms with Crippen molar-refractivity contribution in [3.05, 3.63) is 52.5 Å². The highest BCUT2D eigenvalue weighted by Gasteiger charge is 2.30. The van der Waals surface area contributed by atoms with Gasteiger partial charge in [-0.3, -0.25) is 4.79 Å². The molecule has 1 amide bonds. The molecule has 1 heterocycles. The second-order valence-corrected chi connectivity index (χ2v) is 5.67. The molecule has 2 aromatic rings. The van der Waals surface area contributed by atoms with Crippen molar-refractivity contribution in [3.8, 4) is 0 Å². The maximum Gasteiger partial charge on any atom is 0.244 e. The van der Waals surface area contributed by atoms with E-state index < -0.39 is 5.54 Å². The first kappa shape index (κ1) is 20.9. The molecule has 0 spiro atoms. The Labute approximate surface area is 150 Å². The molecule has 4 N–H and O–H groups in total. The van der Waals surface area contributed by atoms with E-state index in [0.717, 1.165) is 15.9 Å². The van der Waals surface area contributed by atoms with E-state index >= 15 is 0 Å². The highest BCUT2D eigenvalue weighted by molar-refractivity contribution is 9.10. The summed E-state index contributed by atoms with van der Waals surface area (Å²) >= 11 is 3.36. The minimum Gasteiger partial charge on any atom is -0.354 e. The number of imidazole rings is 1. The normalized spacial score (nSPS) is 12.5. The molecule has 0 aliphatic rings. The lowest BCUT2D eigenvalue weighted by atomic mass is 9.92. The number of H-pyrrole nitrogens is 1. The number of carbonyl (C=O) groups is 1. The molecule has 5 nitrogen and oxygen atoms in total. The van der Waals surface area contributed by atoms with Gasteiger partial charge in [-0.2, -0.15) is 0 Å². The Kier molecular flexibility index (Phi) is 8.70. The average molecular weight is 410 g/mol. The number of aromatic nitrogens is 2. The van der Waals surface area contributed by atoms with E-state index in [9.17, 15) is 4.79 Å². The summed E-state index contributed by atoms with van der Waals surface area (Å²) in [7, 11) is 0. The number of halogens is 3. The number of nitrogens with one attached hydrogen (secondary N) is 2.